The Morgan fingerprint density at radius 1 is 1.45 bits per heavy atom. The predicted molar refractivity (Wildman–Crippen MR) is 83.4 cm³/mol. The number of carbonyl (C=O) groups excluding carboxylic acids is 1. The van der Waals surface area contributed by atoms with Gasteiger partial charge in [-0.05, 0) is 51.4 Å². The molecule has 0 aromatic heterocycles. The maximum Gasteiger partial charge on any atom is 0.251 e. The molecular weight excluding hydrogens is 250 g/mol. The SMILES string of the molecule is CC(C)N(C)CCNC(=O)c1cccc2c1CCCN2. The highest BCUT2D eigenvalue weighted by Gasteiger charge is 2.17. The molecule has 0 unspecified atom stereocenters. The smallest absolute Gasteiger partial charge is 0.251 e. The predicted octanol–water partition coefficient (Wildman–Crippen LogP) is 2.11. The van der Waals surface area contributed by atoms with E-state index in [1.165, 1.54) is 0 Å². The quantitative estimate of drug-likeness (QED) is 0.865. The van der Waals surface area contributed by atoms with Crippen LogP contribution in [-0.2, 0) is 6.42 Å². The molecule has 0 spiro atoms. The van der Waals surface area contributed by atoms with Gasteiger partial charge in [-0.2, -0.15) is 0 Å². The van der Waals surface area contributed by atoms with Crippen molar-refractivity contribution in [3.8, 4) is 0 Å². The molecule has 1 heterocycles. The highest BCUT2D eigenvalue weighted by Crippen LogP contribution is 2.25. The monoisotopic (exact) mass is 275 g/mol. The Balaban J connectivity index is 1.96. The third-order valence-electron chi connectivity index (χ3n) is 3.97. The van der Waals surface area contributed by atoms with Gasteiger partial charge in [0.25, 0.3) is 5.91 Å². The third-order valence-corrected chi connectivity index (χ3v) is 3.97. The van der Waals surface area contributed by atoms with Crippen molar-refractivity contribution in [2.45, 2.75) is 32.7 Å². The summed E-state index contributed by atoms with van der Waals surface area (Å²) in [6.07, 6.45) is 2.07. The molecule has 1 aromatic carbocycles. The lowest BCUT2D eigenvalue weighted by atomic mass is 9.97. The number of carbonyl (C=O) groups is 1. The molecule has 0 bridgehead atoms. The number of anilines is 1. The number of fused-ring (bicyclic) bond motifs is 1. The molecule has 0 saturated heterocycles. The summed E-state index contributed by atoms with van der Waals surface area (Å²) in [4.78, 5) is 14.5. The van der Waals surface area contributed by atoms with Crippen LogP contribution in [0.5, 0.6) is 0 Å². The fourth-order valence-corrected chi connectivity index (χ4v) is 2.42. The number of hydrogen-bond donors (Lipinski definition) is 2. The normalized spacial score (nSPS) is 14.1. The summed E-state index contributed by atoms with van der Waals surface area (Å²) in [7, 11) is 2.07. The number of nitrogens with one attached hydrogen (secondary N) is 2. The Morgan fingerprint density at radius 2 is 2.25 bits per heavy atom. The fourth-order valence-electron chi connectivity index (χ4n) is 2.42. The van der Waals surface area contributed by atoms with Gasteiger partial charge in [-0.1, -0.05) is 6.07 Å². The Bertz CT molecular complexity index is 471. The average Bonchev–Trinajstić information content (AvgIpc) is 2.46. The largest absolute Gasteiger partial charge is 0.385 e. The number of hydrogen-bond acceptors (Lipinski definition) is 3. The molecule has 0 saturated carbocycles. The average molecular weight is 275 g/mol. The van der Waals surface area contributed by atoms with Gasteiger partial charge < -0.3 is 15.5 Å². The van der Waals surface area contributed by atoms with Crippen LogP contribution in [0.4, 0.5) is 5.69 Å². The van der Waals surface area contributed by atoms with Gasteiger partial charge in [-0.15, -0.1) is 0 Å². The van der Waals surface area contributed by atoms with E-state index in [9.17, 15) is 4.79 Å². The van der Waals surface area contributed by atoms with Gasteiger partial charge in [-0.25, -0.2) is 0 Å². The highest BCUT2D eigenvalue weighted by molar-refractivity contribution is 5.97. The van der Waals surface area contributed by atoms with Gasteiger partial charge >= 0.3 is 0 Å². The summed E-state index contributed by atoms with van der Waals surface area (Å²) < 4.78 is 0. The Labute approximate surface area is 121 Å². The zero-order valence-electron chi connectivity index (χ0n) is 12.7. The molecular formula is C16H25N3O. The lowest BCUT2D eigenvalue weighted by Crippen LogP contribution is -2.36. The molecule has 2 N–H and O–H groups in total. The molecule has 0 aliphatic carbocycles. The first-order valence-corrected chi connectivity index (χ1v) is 7.44. The number of rotatable bonds is 5. The van der Waals surface area contributed by atoms with Crippen molar-refractivity contribution >= 4 is 11.6 Å². The minimum Gasteiger partial charge on any atom is -0.385 e. The highest BCUT2D eigenvalue weighted by atomic mass is 16.1. The number of amides is 1. The Kier molecular flexibility index (Phi) is 5.01. The first-order valence-electron chi connectivity index (χ1n) is 7.44. The van der Waals surface area contributed by atoms with E-state index >= 15 is 0 Å². The van der Waals surface area contributed by atoms with Crippen molar-refractivity contribution in [2.75, 3.05) is 32.0 Å². The van der Waals surface area contributed by atoms with Crippen molar-refractivity contribution in [1.29, 1.82) is 0 Å². The molecule has 0 atom stereocenters. The molecule has 1 amide bonds. The third kappa shape index (κ3) is 3.51. The second-order valence-electron chi connectivity index (χ2n) is 5.69. The fraction of sp³-hybridized carbons (Fsp3) is 0.562. The standard InChI is InChI=1S/C16H25N3O/c1-12(2)19(3)11-10-18-16(20)14-6-4-8-15-13(14)7-5-9-17-15/h4,6,8,12,17H,5,7,9-11H2,1-3H3,(H,18,20). The van der Waals surface area contributed by atoms with Crippen LogP contribution in [-0.4, -0.2) is 43.5 Å². The van der Waals surface area contributed by atoms with Gasteiger partial charge in [0.15, 0.2) is 0 Å². The molecule has 4 heteroatoms. The van der Waals surface area contributed by atoms with E-state index in [0.29, 0.717) is 12.6 Å². The summed E-state index contributed by atoms with van der Waals surface area (Å²) in [5.74, 6) is 0.0442. The van der Waals surface area contributed by atoms with Gasteiger partial charge in [0.2, 0.25) is 0 Å². The summed E-state index contributed by atoms with van der Waals surface area (Å²) in [6, 6.07) is 6.43. The molecule has 20 heavy (non-hydrogen) atoms. The first-order chi connectivity index (χ1) is 9.59. The van der Waals surface area contributed by atoms with Gasteiger partial charge in [0.05, 0.1) is 0 Å². The molecule has 1 aromatic rings. The van der Waals surface area contributed by atoms with Crippen molar-refractivity contribution in [2.24, 2.45) is 0 Å². The van der Waals surface area contributed by atoms with Gasteiger partial charge in [0.1, 0.15) is 0 Å². The van der Waals surface area contributed by atoms with Crippen molar-refractivity contribution in [3.05, 3.63) is 29.3 Å². The summed E-state index contributed by atoms with van der Waals surface area (Å²) in [5, 5.41) is 6.39. The number of benzene rings is 1. The van der Waals surface area contributed by atoms with Crippen LogP contribution in [0.15, 0.2) is 18.2 Å². The first kappa shape index (κ1) is 14.9. The topological polar surface area (TPSA) is 44.4 Å². The van der Waals surface area contributed by atoms with Crippen LogP contribution in [0.1, 0.15) is 36.2 Å². The molecule has 0 fully saturated rings. The molecule has 110 valence electrons. The van der Waals surface area contributed by atoms with Gasteiger partial charge in [0, 0.05) is 36.9 Å². The summed E-state index contributed by atoms with van der Waals surface area (Å²) >= 11 is 0. The minimum absolute atomic E-state index is 0.0442. The molecule has 4 nitrogen and oxygen atoms in total. The second kappa shape index (κ2) is 6.75. The van der Waals surface area contributed by atoms with E-state index in [1.807, 2.05) is 12.1 Å². The summed E-state index contributed by atoms with van der Waals surface area (Å²) in [5.41, 5.74) is 3.10. The van der Waals surface area contributed by atoms with E-state index < -0.39 is 0 Å². The minimum atomic E-state index is 0.0442. The summed E-state index contributed by atoms with van der Waals surface area (Å²) in [6.45, 7) is 6.86. The molecule has 0 radical (unpaired) electrons. The Hall–Kier alpha value is -1.55. The molecule has 1 aliphatic rings. The molecule has 2 rings (SSSR count). The maximum atomic E-state index is 12.3. The maximum absolute atomic E-state index is 12.3. The number of nitrogens with zero attached hydrogens (tertiary/aromatic N) is 1. The van der Waals surface area contributed by atoms with Crippen molar-refractivity contribution in [3.63, 3.8) is 0 Å². The van der Waals surface area contributed by atoms with Crippen LogP contribution in [0.2, 0.25) is 0 Å². The van der Waals surface area contributed by atoms with E-state index in [0.717, 1.165) is 42.7 Å². The van der Waals surface area contributed by atoms with E-state index in [4.69, 9.17) is 0 Å². The van der Waals surface area contributed by atoms with Crippen LogP contribution >= 0.6 is 0 Å². The van der Waals surface area contributed by atoms with Crippen LogP contribution in [0.25, 0.3) is 0 Å². The Morgan fingerprint density at radius 3 is 3.00 bits per heavy atom. The van der Waals surface area contributed by atoms with Crippen molar-refractivity contribution < 1.29 is 4.79 Å². The van der Waals surface area contributed by atoms with E-state index in [-0.39, 0.29) is 5.91 Å². The molecule has 1 aliphatic heterocycles. The second-order valence-corrected chi connectivity index (χ2v) is 5.69. The van der Waals surface area contributed by atoms with Crippen LogP contribution < -0.4 is 10.6 Å². The van der Waals surface area contributed by atoms with E-state index in [1.54, 1.807) is 0 Å². The zero-order chi connectivity index (χ0) is 14.5. The zero-order valence-corrected chi connectivity index (χ0v) is 12.7. The van der Waals surface area contributed by atoms with Crippen molar-refractivity contribution in [1.82, 2.24) is 10.2 Å². The van der Waals surface area contributed by atoms with E-state index in [2.05, 4.69) is 42.5 Å². The number of likely N-dealkylation sites (N-methyl/N-ethyl adjacent to an activating group) is 1. The lowest BCUT2D eigenvalue weighted by molar-refractivity contribution is 0.0947. The van der Waals surface area contributed by atoms with Gasteiger partial charge in [-0.3, -0.25) is 4.79 Å². The van der Waals surface area contributed by atoms with Crippen LogP contribution in [0.3, 0.4) is 0 Å². The van der Waals surface area contributed by atoms with Crippen LogP contribution in [0, 0.1) is 0 Å². The lowest BCUT2D eigenvalue weighted by Gasteiger charge is -2.22.